The Hall–Kier alpha value is -4.19. The third-order valence-electron chi connectivity index (χ3n) is 5.21. The maximum atomic E-state index is 12.9. The van der Waals surface area contributed by atoms with Gasteiger partial charge in [-0.05, 0) is 43.3 Å². The molecule has 1 aliphatic rings. The van der Waals surface area contributed by atoms with E-state index in [1.807, 2.05) is 24.4 Å². The van der Waals surface area contributed by atoms with Gasteiger partial charge in [0.05, 0.1) is 11.1 Å². The molecular formula is C25H18N2O4. The number of hydrogen-bond acceptors (Lipinski definition) is 5. The van der Waals surface area contributed by atoms with Gasteiger partial charge in [0.1, 0.15) is 11.5 Å². The smallest absolute Gasteiger partial charge is 0.343 e. The number of benzene rings is 2. The second-order valence-electron chi connectivity index (χ2n) is 7.11. The van der Waals surface area contributed by atoms with E-state index in [0.29, 0.717) is 22.6 Å². The van der Waals surface area contributed by atoms with E-state index in [1.165, 1.54) is 12.4 Å². The Labute approximate surface area is 178 Å². The molecule has 2 aromatic heterocycles. The summed E-state index contributed by atoms with van der Waals surface area (Å²) in [4.78, 5) is 29.0. The number of carbonyl (C=O) groups excluding carboxylic acids is 2. The molecule has 0 radical (unpaired) electrons. The monoisotopic (exact) mass is 410 g/mol. The van der Waals surface area contributed by atoms with Gasteiger partial charge in [-0.3, -0.25) is 9.78 Å². The van der Waals surface area contributed by atoms with Crippen molar-refractivity contribution < 1.29 is 19.1 Å². The van der Waals surface area contributed by atoms with Crippen molar-refractivity contribution in [3.63, 3.8) is 0 Å². The van der Waals surface area contributed by atoms with Crippen LogP contribution in [-0.4, -0.2) is 21.3 Å². The summed E-state index contributed by atoms with van der Waals surface area (Å²) in [6.07, 6.45) is 6.82. The van der Waals surface area contributed by atoms with Crippen molar-refractivity contribution in [3.05, 3.63) is 95.6 Å². The molecule has 2 aromatic carbocycles. The van der Waals surface area contributed by atoms with Gasteiger partial charge in [-0.1, -0.05) is 18.2 Å². The van der Waals surface area contributed by atoms with Gasteiger partial charge in [0.15, 0.2) is 5.76 Å². The third kappa shape index (κ3) is 3.38. The molecule has 6 nitrogen and oxygen atoms in total. The second-order valence-corrected chi connectivity index (χ2v) is 7.11. The van der Waals surface area contributed by atoms with Crippen LogP contribution in [0.1, 0.15) is 33.2 Å². The van der Waals surface area contributed by atoms with Crippen LogP contribution in [0.2, 0.25) is 0 Å². The molecule has 152 valence electrons. The van der Waals surface area contributed by atoms with E-state index in [4.69, 9.17) is 9.47 Å². The Bertz CT molecular complexity index is 1350. The molecule has 0 bridgehead atoms. The number of rotatable bonds is 4. The van der Waals surface area contributed by atoms with Gasteiger partial charge >= 0.3 is 5.97 Å². The number of ether oxygens (including phenoxy) is 2. The number of ketones is 1. The molecule has 0 spiro atoms. The molecule has 0 aliphatic carbocycles. The van der Waals surface area contributed by atoms with E-state index in [0.717, 1.165) is 23.0 Å². The van der Waals surface area contributed by atoms with Gasteiger partial charge in [0.25, 0.3) is 0 Å². The number of fused-ring (bicyclic) bond motifs is 2. The Morgan fingerprint density at radius 1 is 1.13 bits per heavy atom. The minimum absolute atomic E-state index is 0.199. The summed E-state index contributed by atoms with van der Waals surface area (Å²) in [6.45, 7) is 2.90. The van der Waals surface area contributed by atoms with Crippen LogP contribution in [0.25, 0.3) is 17.0 Å². The summed E-state index contributed by atoms with van der Waals surface area (Å²) in [5, 5.41) is 1.05. The molecule has 3 heterocycles. The first-order chi connectivity index (χ1) is 15.1. The Morgan fingerprint density at radius 2 is 1.94 bits per heavy atom. The molecular weight excluding hydrogens is 392 g/mol. The van der Waals surface area contributed by atoms with Gasteiger partial charge < -0.3 is 14.0 Å². The molecule has 1 aliphatic heterocycles. The molecule has 0 N–H and O–H groups in total. The second kappa shape index (κ2) is 7.57. The summed E-state index contributed by atoms with van der Waals surface area (Å²) in [5.74, 6) is 0.212. The SMILES string of the molecule is CCn1cc(/C=C2\Oc3cc(OC(=O)c4ccncc4)ccc3C2=O)c2ccccc21. The van der Waals surface area contributed by atoms with Crippen molar-refractivity contribution in [1.29, 1.82) is 0 Å². The van der Waals surface area contributed by atoms with Crippen LogP contribution in [-0.2, 0) is 6.54 Å². The molecule has 0 unspecified atom stereocenters. The number of esters is 1. The van der Waals surface area contributed by atoms with Crippen molar-refractivity contribution >= 4 is 28.7 Å². The van der Waals surface area contributed by atoms with Gasteiger partial charge in [-0.2, -0.15) is 0 Å². The quantitative estimate of drug-likeness (QED) is 0.272. The van der Waals surface area contributed by atoms with Crippen molar-refractivity contribution in [2.45, 2.75) is 13.5 Å². The van der Waals surface area contributed by atoms with Crippen LogP contribution in [0.5, 0.6) is 11.5 Å². The van der Waals surface area contributed by atoms with Crippen LogP contribution in [0.4, 0.5) is 0 Å². The standard InChI is InChI=1S/C25H18N2O4/c1-2-27-15-17(19-5-3-4-6-21(19)27)13-23-24(28)20-8-7-18(14-22(20)31-23)30-25(29)16-9-11-26-12-10-16/h3-15H,2H2,1H3/b23-13-. The average molecular weight is 410 g/mol. The van der Waals surface area contributed by atoms with Crippen LogP contribution >= 0.6 is 0 Å². The maximum Gasteiger partial charge on any atom is 0.343 e. The topological polar surface area (TPSA) is 70.4 Å². The predicted molar refractivity (Wildman–Crippen MR) is 116 cm³/mol. The van der Waals surface area contributed by atoms with Gasteiger partial charge in [0, 0.05) is 47.7 Å². The van der Waals surface area contributed by atoms with E-state index in [1.54, 1.807) is 36.4 Å². The number of nitrogens with zero attached hydrogens (tertiary/aromatic N) is 2. The van der Waals surface area contributed by atoms with Crippen LogP contribution in [0.3, 0.4) is 0 Å². The third-order valence-corrected chi connectivity index (χ3v) is 5.21. The lowest BCUT2D eigenvalue weighted by Gasteiger charge is -2.05. The Morgan fingerprint density at radius 3 is 2.74 bits per heavy atom. The molecule has 31 heavy (non-hydrogen) atoms. The normalized spacial score (nSPS) is 14.0. The zero-order valence-corrected chi connectivity index (χ0v) is 16.7. The molecule has 0 saturated heterocycles. The van der Waals surface area contributed by atoms with Crippen LogP contribution in [0, 0.1) is 0 Å². The minimum atomic E-state index is -0.505. The number of allylic oxidation sites excluding steroid dienone is 1. The molecule has 6 heteroatoms. The fourth-order valence-corrected chi connectivity index (χ4v) is 3.68. The van der Waals surface area contributed by atoms with E-state index < -0.39 is 5.97 Å². The maximum absolute atomic E-state index is 12.9. The number of aromatic nitrogens is 2. The fraction of sp³-hybridized carbons (Fsp3) is 0.0800. The highest BCUT2D eigenvalue weighted by atomic mass is 16.5. The average Bonchev–Trinajstić information content (AvgIpc) is 3.31. The highest BCUT2D eigenvalue weighted by Crippen LogP contribution is 2.36. The van der Waals surface area contributed by atoms with Crippen LogP contribution < -0.4 is 9.47 Å². The molecule has 0 amide bonds. The Balaban J connectivity index is 1.43. The number of Topliss-reactive ketones (excluding diaryl/α,β-unsaturated/α-hetero) is 1. The van der Waals surface area contributed by atoms with E-state index in [-0.39, 0.29) is 11.5 Å². The lowest BCUT2D eigenvalue weighted by Crippen LogP contribution is -2.08. The zero-order chi connectivity index (χ0) is 21.4. The first kappa shape index (κ1) is 18.8. The highest BCUT2D eigenvalue weighted by Gasteiger charge is 2.28. The summed E-state index contributed by atoms with van der Waals surface area (Å²) in [7, 11) is 0. The Kier molecular flexibility index (Phi) is 4.59. The molecule has 5 rings (SSSR count). The molecule has 0 saturated carbocycles. The van der Waals surface area contributed by atoms with Gasteiger partial charge in [-0.25, -0.2) is 4.79 Å². The number of pyridine rings is 1. The summed E-state index contributed by atoms with van der Waals surface area (Å²) in [6, 6.07) is 15.9. The summed E-state index contributed by atoms with van der Waals surface area (Å²) < 4.78 is 13.4. The van der Waals surface area contributed by atoms with Crippen molar-refractivity contribution in [2.75, 3.05) is 0 Å². The number of carbonyl (C=O) groups is 2. The lowest BCUT2D eigenvalue weighted by atomic mass is 10.1. The highest BCUT2D eigenvalue weighted by molar-refractivity contribution is 6.15. The van der Waals surface area contributed by atoms with Gasteiger partial charge in [-0.15, -0.1) is 0 Å². The largest absolute Gasteiger partial charge is 0.452 e. The summed E-state index contributed by atoms with van der Waals surface area (Å²) in [5.41, 5.74) is 2.85. The van der Waals surface area contributed by atoms with E-state index >= 15 is 0 Å². The van der Waals surface area contributed by atoms with Crippen LogP contribution in [0.15, 0.2) is 78.9 Å². The number of hydrogen-bond donors (Lipinski definition) is 0. The summed E-state index contributed by atoms with van der Waals surface area (Å²) >= 11 is 0. The van der Waals surface area contributed by atoms with E-state index in [9.17, 15) is 9.59 Å². The molecule has 0 atom stereocenters. The lowest BCUT2D eigenvalue weighted by molar-refractivity contribution is 0.0734. The van der Waals surface area contributed by atoms with Gasteiger partial charge in [0.2, 0.25) is 5.78 Å². The fourth-order valence-electron chi connectivity index (χ4n) is 3.68. The predicted octanol–water partition coefficient (Wildman–Crippen LogP) is 4.89. The van der Waals surface area contributed by atoms with Crippen molar-refractivity contribution in [3.8, 4) is 11.5 Å². The first-order valence-electron chi connectivity index (χ1n) is 9.92. The molecule has 4 aromatic rings. The first-order valence-corrected chi connectivity index (χ1v) is 9.92. The van der Waals surface area contributed by atoms with Crippen molar-refractivity contribution in [1.82, 2.24) is 9.55 Å². The number of aryl methyl sites for hydroxylation is 1. The van der Waals surface area contributed by atoms with Crippen molar-refractivity contribution in [2.24, 2.45) is 0 Å². The zero-order valence-electron chi connectivity index (χ0n) is 16.7. The minimum Gasteiger partial charge on any atom is -0.452 e. The van der Waals surface area contributed by atoms with E-state index in [2.05, 4.69) is 22.5 Å². The molecule has 0 fully saturated rings. The number of para-hydroxylation sites is 1.